The molecule has 0 aromatic carbocycles. The van der Waals surface area contributed by atoms with Crippen LogP contribution in [0.25, 0.3) is 16.8 Å². The molecule has 11 nitrogen and oxygen atoms in total. The molecule has 0 spiro atoms. The molecule has 14 heteroatoms. The Balaban J connectivity index is 1.48. The Morgan fingerprint density at radius 2 is 2.00 bits per heavy atom. The van der Waals surface area contributed by atoms with Gasteiger partial charge in [0.05, 0.1) is 49.2 Å². The van der Waals surface area contributed by atoms with Crippen molar-refractivity contribution >= 4 is 5.52 Å². The first-order valence-electron chi connectivity index (χ1n) is 14.1. The minimum atomic E-state index is -3.10. The van der Waals surface area contributed by atoms with E-state index in [9.17, 15) is 18.3 Å². The second kappa shape index (κ2) is 12.8. The van der Waals surface area contributed by atoms with Gasteiger partial charge >= 0.3 is 6.61 Å². The molecular formula is C30H33F3N8O3. The third-order valence-corrected chi connectivity index (χ3v) is 7.94. The van der Waals surface area contributed by atoms with Gasteiger partial charge in [-0.25, -0.2) is 8.91 Å². The second-order valence-corrected chi connectivity index (χ2v) is 10.8. The molecule has 0 fully saturated rings. The van der Waals surface area contributed by atoms with Crippen LogP contribution in [-0.2, 0) is 13.1 Å². The lowest BCUT2D eigenvalue weighted by Crippen LogP contribution is -2.35. The van der Waals surface area contributed by atoms with E-state index in [4.69, 9.17) is 19.8 Å². The fourth-order valence-electron chi connectivity index (χ4n) is 5.29. The fraction of sp³-hybridized carbons (Fsp3) is 0.400. The first-order chi connectivity index (χ1) is 21.1. The molecule has 0 amide bonds. The first kappa shape index (κ1) is 30.7. The third kappa shape index (κ3) is 6.28. The molecule has 4 aromatic rings. The maximum absolute atomic E-state index is 13.5. The Hall–Kier alpha value is -4.77. The van der Waals surface area contributed by atoms with Crippen molar-refractivity contribution in [2.45, 2.75) is 59.0 Å². The Kier molecular flexibility index (Phi) is 8.96. The summed E-state index contributed by atoms with van der Waals surface area (Å²) in [5.41, 5.74) is 4.49. The van der Waals surface area contributed by atoms with Crippen molar-refractivity contribution in [1.82, 2.24) is 34.6 Å². The number of aliphatic hydroxyl groups is 1. The van der Waals surface area contributed by atoms with E-state index in [1.807, 2.05) is 24.7 Å². The van der Waals surface area contributed by atoms with Crippen LogP contribution in [-0.4, -0.2) is 60.2 Å². The molecule has 0 bridgehead atoms. The molecular weight excluding hydrogens is 577 g/mol. The lowest BCUT2D eigenvalue weighted by Gasteiger charge is -2.33. The normalized spacial score (nSPS) is 15.0. The number of hydrogen-bond acceptors (Lipinski definition) is 9. The summed E-state index contributed by atoms with van der Waals surface area (Å²) < 4.78 is 54.0. The maximum atomic E-state index is 13.5. The number of nitriles is 1. The molecule has 0 aliphatic carbocycles. The van der Waals surface area contributed by atoms with E-state index in [1.54, 1.807) is 12.3 Å². The molecule has 4 aromatic heterocycles. The van der Waals surface area contributed by atoms with Crippen molar-refractivity contribution in [2.75, 3.05) is 13.2 Å². The highest BCUT2D eigenvalue weighted by Crippen LogP contribution is 2.38. The Morgan fingerprint density at radius 1 is 1.20 bits per heavy atom. The molecule has 2 N–H and O–H groups in total. The number of pyridine rings is 2. The van der Waals surface area contributed by atoms with Gasteiger partial charge in [-0.15, -0.1) is 0 Å². The van der Waals surface area contributed by atoms with Gasteiger partial charge in [0.25, 0.3) is 0 Å². The highest BCUT2D eigenvalue weighted by atomic mass is 19.3. The van der Waals surface area contributed by atoms with Gasteiger partial charge in [-0.05, 0) is 44.4 Å². The van der Waals surface area contributed by atoms with Gasteiger partial charge < -0.3 is 24.8 Å². The number of halogens is 3. The topological polar surface area (TPSA) is 126 Å². The SMILES string of the molecule is C=C(CC(C)C(C)NC#N)N1CCn2nc(-c3cc(OC(CO)c4ccc(F)cn4)c4c(OC(F)F)cnn4c3)c(C)c2C1. The lowest BCUT2D eigenvalue weighted by atomic mass is 9.97. The van der Waals surface area contributed by atoms with Crippen LogP contribution in [0.5, 0.6) is 11.5 Å². The predicted molar refractivity (Wildman–Crippen MR) is 154 cm³/mol. The van der Waals surface area contributed by atoms with E-state index in [0.29, 0.717) is 30.9 Å². The standard InChI is InChI=1S/C30H33F3N8O3/c1-17(20(4)36-16-34)9-18(2)39-7-8-40-24(14-39)19(3)28(38-40)21-10-25(29-26(44-30(32)33)12-37-41(29)13-21)43-27(15-42)23-6-5-22(31)11-35-23/h5-6,10-13,17,20,27,30,36,42H,2,7-9,14-15H2,1,3-4H3. The third-order valence-electron chi connectivity index (χ3n) is 7.94. The molecule has 3 atom stereocenters. The molecule has 5 heterocycles. The monoisotopic (exact) mass is 610 g/mol. The highest BCUT2D eigenvalue weighted by Gasteiger charge is 2.27. The summed E-state index contributed by atoms with van der Waals surface area (Å²) in [7, 11) is 0. The van der Waals surface area contributed by atoms with Crippen LogP contribution in [0.15, 0.2) is 49.1 Å². The number of aromatic nitrogens is 5. The maximum Gasteiger partial charge on any atom is 0.387 e. The number of nitrogens with one attached hydrogen (secondary N) is 1. The van der Waals surface area contributed by atoms with Gasteiger partial charge in [0.15, 0.2) is 29.3 Å². The van der Waals surface area contributed by atoms with Crippen LogP contribution in [0, 0.1) is 30.1 Å². The van der Waals surface area contributed by atoms with Gasteiger partial charge in [-0.2, -0.15) is 24.2 Å². The van der Waals surface area contributed by atoms with Crippen LogP contribution in [0.2, 0.25) is 0 Å². The molecule has 0 saturated carbocycles. The number of hydrogen-bond donors (Lipinski definition) is 2. The summed E-state index contributed by atoms with van der Waals surface area (Å²) in [6.45, 7) is 8.62. The van der Waals surface area contributed by atoms with Crippen molar-refractivity contribution in [2.24, 2.45) is 5.92 Å². The summed E-state index contributed by atoms with van der Waals surface area (Å²) in [6, 6.07) is 4.21. The predicted octanol–water partition coefficient (Wildman–Crippen LogP) is 4.57. The Bertz CT molecular complexity index is 1680. The first-order valence-corrected chi connectivity index (χ1v) is 14.1. The van der Waals surface area contributed by atoms with Gasteiger partial charge in [0.2, 0.25) is 0 Å². The largest absolute Gasteiger partial charge is 0.479 e. The average molecular weight is 611 g/mol. The molecule has 5 rings (SSSR count). The number of aliphatic hydroxyl groups excluding tert-OH is 1. The van der Waals surface area contributed by atoms with Crippen LogP contribution < -0.4 is 14.8 Å². The minimum Gasteiger partial charge on any atom is -0.479 e. The number of rotatable bonds is 12. The van der Waals surface area contributed by atoms with Gasteiger partial charge in [0.1, 0.15) is 5.82 Å². The van der Waals surface area contributed by atoms with E-state index in [0.717, 1.165) is 35.8 Å². The Morgan fingerprint density at radius 3 is 2.68 bits per heavy atom. The molecule has 3 unspecified atom stereocenters. The highest BCUT2D eigenvalue weighted by molar-refractivity contribution is 5.75. The molecule has 0 saturated heterocycles. The number of allylic oxidation sites excluding steroid dienone is 1. The number of ether oxygens (including phenoxy) is 2. The van der Waals surface area contributed by atoms with Crippen molar-refractivity contribution in [3.63, 3.8) is 0 Å². The van der Waals surface area contributed by atoms with Crippen LogP contribution in [0.1, 0.15) is 43.3 Å². The van der Waals surface area contributed by atoms with Crippen molar-refractivity contribution in [3.8, 4) is 28.9 Å². The van der Waals surface area contributed by atoms with E-state index in [-0.39, 0.29) is 34.7 Å². The molecule has 1 aliphatic heterocycles. The molecule has 44 heavy (non-hydrogen) atoms. The summed E-state index contributed by atoms with van der Waals surface area (Å²) in [6.07, 6.45) is 5.49. The van der Waals surface area contributed by atoms with Crippen molar-refractivity contribution < 1.29 is 27.8 Å². The molecule has 1 aliphatic rings. The lowest BCUT2D eigenvalue weighted by molar-refractivity contribution is -0.0489. The van der Waals surface area contributed by atoms with Crippen molar-refractivity contribution in [1.29, 1.82) is 5.26 Å². The number of alkyl halides is 2. The van der Waals surface area contributed by atoms with Crippen LogP contribution >= 0.6 is 0 Å². The summed E-state index contributed by atoms with van der Waals surface area (Å²) in [5.74, 6) is -0.472. The second-order valence-electron chi connectivity index (χ2n) is 10.8. The number of nitrogens with zero attached hydrogens (tertiary/aromatic N) is 7. The minimum absolute atomic E-state index is 0.0184. The zero-order valence-corrected chi connectivity index (χ0v) is 24.5. The zero-order chi connectivity index (χ0) is 31.5. The average Bonchev–Trinajstić information content (AvgIpc) is 3.56. The molecule has 232 valence electrons. The van der Waals surface area contributed by atoms with Crippen molar-refractivity contribution in [3.05, 3.63) is 71.8 Å². The molecule has 0 radical (unpaired) electrons. The van der Waals surface area contributed by atoms with Gasteiger partial charge in [0, 0.05) is 35.6 Å². The van der Waals surface area contributed by atoms with E-state index >= 15 is 0 Å². The number of fused-ring (bicyclic) bond motifs is 2. The summed E-state index contributed by atoms with van der Waals surface area (Å²) >= 11 is 0. The van der Waals surface area contributed by atoms with E-state index < -0.39 is 25.1 Å². The van der Waals surface area contributed by atoms with E-state index in [1.165, 1.54) is 16.6 Å². The van der Waals surface area contributed by atoms with E-state index in [2.05, 4.69) is 33.8 Å². The zero-order valence-electron chi connectivity index (χ0n) is 24.5. The quantitative estimate of drug-likeness (QED) is 0.175. The smallest absolute Gasteiger partial charge is 0.387 e. The van der Waals surface area contributed by atoms with Crippen LogP contribution in [0.3, 0.4) is 0 Å². The van der Waals surface area contributed by atoms with Gasteiger partial charge in [-0.1, -0.05) is 13.5 Å². The van der Waals surface area contributed by atoms with Crippen LogP contribution in [0.4, 0.5) is 13.2 Å². The summed E-state index contributed by atoms with van der Waals surface area (Å²) in [4.78, 5) is 6.21. The van der Waals surface area contributed by atoms with Gasteiger partial charge in [-0.3, -0.25) is 9.67 Å². The fourth-order valence-corrected chi connectivity index (χ4v) is 5.29. The Labute approximate surface area is 252 Å². The summed E-state index contributed by atoms with van der Waals surface area (Å²) in [5, 5.41) is 30.9.